The summed E-state index contributed by atoms with van der Waals surface area (Å²) < 4.78 is 52.1. The maximum absolute atomic E-state index is 13.2. The van der Waals surface area contributed by atoms with Gasteiger partial charge in [-0.05, 0) is 42.2 Å². The summed E-state index contributed by atoms with van der Waals surface area (Å²) in [5, 5.41) is 0. The molecule has 0 spiro atoms. The fourth-order valence-electron chi connectivity index (χ4n) is 4.89. The quantitative estimate of drug-likeness (QED) is 0.184. The zero-order chi connectivity index (χ0) is 29.8. The minimum absolute atomic E-state index is 0.155. The van der Waals surface area contributed by atoms with E-state index in [9.17, 15) is 22.6 Å². The number of carbonyl (C=O) groups is 2. The highest BCUT2D eigenvalue weighted by molar-refractivity contribution is 7.90. The van der Waals surface area contributed by atoms with Crippen LogP contribution in [0.15, 0.2) is 52.9 Å². The van der Waals surface area contributed by atoms with Crippen molar-refractivity contribution in [2.24, 2.45) is 5.92 Å². The minimum atomic E-state index is -4.80. The molecule has 4 rings (SSSR count). The van der Waals surface area contributed by atoms with Gasteiger partial charge in [0.25, 0.3) is 5.91 Å². The van der Waals surface area contributed by atoms with E-state index in [2.05, 4.69) is 14.2 Å². The molecule has 41 heavy (non-hydrogen) atoms. The molecule has 1 saturated heterocycles. The molecule has 15 heteroatoms. The molecule has 0 aliphatic carbocycles. The van der Waals surface area contributed by atoms with Crippen molar-refractivity contribution < 1.29 is 46.4 Å². The lowest BCUT2D eigenvalue weighted by atomic mass is 9.83. The zero-order valence-electron chi connectivity index (χ0n) is 22.5. The van der Waals surface area contributed by atoms with Crippen molar-refractivity contribution >= 4 is 51.3 Å². The van der Waals surface area contributed by atoms with Crippen LogP contribution in [-0.2, 0) is 34.2 Å². The van der Waals surface area contributed by atoms with Crippen molar-refractivity contribution in [2.75, 3.05) is 19.9 Å². The van der Waals surface area contributed by atoms with Crippen LogP contribution in [0.25, 0.3) is 10.2 Å². The first kappa shape index (κ1) is 31.1. The predicted molar refractivity (Wildman–Crippen MR) is 150 cm³/mol. The number of fused-ring (bicyclic) bond motifs is 1. The third kappa shape index (κ3) is 8.12. The summed E-state index contributed by atoms with van der Waals surface area (Å²) in [4.78, 5) is 48.9. The van der Waals surface area contributed by atoms with Crippen LogP contribution in [0.3, 0.4) is 0 Å². The molecule has 3 aromatic rings. The molecule has 222 valence electrons. The molecular formula is C26H31N2O10PS2. The molecule has 0 radical (unpaired) electrons. The Balaban J connectivity index is 1.37. The minimum Gasteiger partial charge on any atom is -0.427 e. The Morgan fingerprint density at radius 1 is 1.12 bits per heavy atom. The van der Waals surface area contributed by atoms with Crippen LogP contribution >= 0.6 is 19.2 Å². The van der Waals surface area contributed by atoms with Crippen LogP contribution in [0.4, 0.5) is 4.79 Å². The number of rotatable bonds is 10. The highest BCUT2D eigenvalue weighted by atomic mass is 32.2. The number of thiazole rings is 1. The SMILES string of the molecule is CC(C)CC1(OC(=O)OCOP(=O)(O)O)CCN(C(=O)c2ccc(CS(=O)(=O)c3cccc4scnc34)cc2)CC1. The van der Waals surface area contributed by atoms with Crippen LogP contribution in [0.5, 0.6) is 0 Å². The summed E-state index contributed by atoms with van der Waals surface area (Å²) >= 11 is 1.37. The van der Waals surface area contributed by atoms with E-state index in [-0.39, 0.29) is 22.5 Å². The number of hydrogen-bond donors (Lipinski definition) is 2. The van der Waals surface area contributed by atoms with E-state index in [0.29, 0.717) is 49.0 Å². The number of likely N-dealkylation sites (tertiary alicyclic amines) is 1. The predicted octanol–water partition coefficient (Wildman–Crippen LogP) is 4.51. The summed E-state index contributed by atoms with van der Waals surface area (Å²) in [5.41, 5.74) is 2.09. The largest absolute Gasteiger partial charge is 0.510 e. The topological polar surface area (TPSA) is 170 Å². The first-order valence-electron chi connectivity index (χ1n) is 12.8. The molecule has 1 aliphatic heterocycles. The number of piperidine rings is 1. The van der Waals surface area contributed by atoms with Gasteiger partial charge in [-0.25, -0.2) is 27.3 Å². The van der Waals surface area contributed by atoms with Gasteiger partial charge < -0.3 is 24.2 Å². The van der Waals surface area contributed by atoms with Crippen molar-refractivity contribution in [1.82, 2.24) is 9.88 Å². The Bertz CT molecular complexity index is 1540. The standard InChI is InChI=1S/C26H31N2O10PS2/c1-18(2)14-26(38-25(30)36-17-37-39(31,32)33)10-12-28(13-11-26)24(29)20-8-6-19(7-9-20)15-41(34,35)22-5-3-4-21-23(22)27-16-40-21/h3-9,16,18H,10-15,17H2,1-2H3,(H2,31,32,33). The monoisotopic (exact) mass is 626 g/mol. The van der Waals surface area contributed by atoms with E-state index in [4.69, 9.17) is 14.5 Å². The number of aromatic nitrogens is 1. The lowest BCUT2D eigenvalue weighted by molar-refractivity contribution is -0.0879. The molecule has 2 aromatic carbocycles. The van der Waals surface area contributed by atoms with Crippen molar-refractivity contribution in [3.05, 3.63) is 59.1 Å². The number of phosphoric ester groups is 1. The van der Waals surface area contributed by atoms with Crippen molar-refractivity contribution in [1.29, 1.82) is 0 Å². The molecule has 2 N–H and O–H groups in total. The lowest BCUT2D eigenvalue weighted by Crippen LogP contribution is -2.49. The summed E-state index contributed by atoms with van der Waals surface area (Å²) in [6.07, 6.45) is 0.0603. The number of benzene rings is 2. The molecular weight excluding hydrogens is 595 g/mol. The Morgan fingerprint density at radius 3 is 2.44 bits per heavy atom. The number of phosphoric acid groups is 1. The van der Waals surface area contributed by atoms with Crippen LogP contribution in [0.1, 0.15) is 49.0 Å². The Kier molecular flexibility index (Phi) is 9.52. The number of carbonyl (C=O) groups excluding carboxylic acids is 2. The molecule has 0 atom stereocenters. The number of amides is 1. The molecule has 1 amide bonds. The van der Waals surface area contributed by atoms with Gasteiger partial charge in [-0.15, -0.1) is 11.3 Å². The van der Waals surface area contributed by atoms with Crippen molar-refractivity contribution in [3.8, 4) is 0 Å². The van der Waals surface area contributed by atoms with Gasteiger partial charge in [-0.3, -0.25) is 4.79 Å². The van der Waals surface area contributed by atoms with Gasteiger partial charge in [-0.1, -0.05) is 32.0 Å². The maximum atomic E-state index is 13.2. The Labute approximate surface area is 241 Å². The first-order valence-corrected chi connectivity index (χ1v) is 16.8. The zero-order valence-corrected chi connectivity index (χ0v) is 25.0. The van der Waals surface area contributed by atoms with Crippen LogP contribution in [-0.4, -0.2) is 65.6 Å². The average Bonchev–Trinajstić information content (AvgIpc) is 3.37. The van der Waals surface area contributed by atoms with Crippen LogP contribution in [0.2, 0.25) is 0 Å². The Hall–Kier alpha value is -2.87. The van der Waals surface area contributed by atoms with Crippen LogP contribution < -0.4 is 0 Å². The smallest absolute Gasteiger partial charge is 0.427 e. The third-order valence-electron chi connectivity index (χ3n) is 6.66. The lowest BCUT2D eigenvalue weighted by Gasteiger charge is -2.41. The molecule has 2 heterocycles. The molecule has 0 saturated carbocycles. The van der Waals surface area contributed by atoms with E-state index in [1.165, 1.54) is 11.3 Å². The van der Waals surface area contributed by atoms with Gasteiger partial charge in [-0.2, -0.15) is 0 Å². The normalized spacial score (nSPS) is 15.7. The van der Waals surface area contributed by atoms with Crippen LogP contribution in [0, 0.1) is 5.92 Å². The summed E-state index contributed by atoms with van der Waals surface area (Å²) in [6.45, 7) is 3.56. The van der Waals surface area contributed by atoms with Gasteiger partial charge in [0, 0.05) is 31.5 Å². The summed E-state index contributed by atoms with van der Waals surface area (Å²) in [7, 11) is -8.46. The highest BCUT2D eigenvalue weighted by Crippen LogP contribution is 2.36. The Morgan fingerprint density at radius 2 is 1.80 bits per heavy atom. The second-order valence-corrected chi connectivity index (χ2v) is 14.3. The van der Waals surface area contributed by atoms with Crippen molar-refractivity contribution in [3.63, 3.8) is 0 Å². The van der Waals surface area contributed by atoms with Gasteiger partial charge in [0.2, 0.25) is 6.79 Å². The van der Waals surface area contributed by atoms with Gasteiger partial charge >= 0.3 is 14.0 Å². The molecule has 1 aromatic heterocycles. The number of hydrogen-bond acceptors (Lipinski definition) is 10. The highest BCUT2D eigenvalue weighted by Gasteiger charge is 2.40. The molecule has 1 aliphatic rings. The van der Waals surface area contributed by atoms with Gasteiger partial charge in [0.05, 0.1) is 26.4 Å². The summed E-state index contributed by atoms with van der Waals surface area (Å²) in [6, 6.07) is 11.5. The van der Waals surface area contributed by atoms with E-state index < -0.39 is 36.2 Å². The molecule has 0 bridgehead atoms. The second-order valence-electron chi connectivity index (χ2n) is 10.2. The molecule has 1 fully saturated rings. The van der Waals surface area contributed by atoms with E-state index in [1.807, 2.05) is 19.9 Å². The number of para-hydroxylation sites is 1. The number of nitrogens with zero attached hydrogens (tertiary/aromatic N) is 2. The second kappa shape index (κ2) is 12.6. The van der Waals surface area contributed by atoms with Gasteiger partial charge in [0.1, 0.15) is 5.60 Å². The fourth-order valence-corrected chi connectivity index (χ4v) is 7.38. The summed E-state index contributed by atoms with van der Waals surface area (Å²) in [5.74, 6) is -0.309. The molecule has 12 nitrogen and oxygen atoms in total. The number of sulfone groups is 1. The van der Waals surface area contributed by atoms with Crippen molar-refractivity contribution in [2.45, 2.75) is 49.4 Å². The fraction of sp³-hybridized carbons (Fsp3) is 0.423. The maximum Gasteiger partial charge on any atom is 0.510 e. The van der Waals surface area contributed by atoms with E-state index in [1.54, 1.807) is 46.8 Å². The van der Waals surface area contributed by atoms with E-state index >= 15 is 0 Å². The van der Waals surface area contributed by atoms with E-state index in [0.717, 1.165) is 4.70 Å². The van der Waals surface area contributed by atoms with Gasteiger partial charge in [0.15, 0.2) is 9.84 Å². The molecule has 0 unspecified atom stereocenters. The number of ether oxygens (including phenoxy) is 2. The average molecular weight is 627 g/mol. The first-order chi connectivity index (χ1) is 19.3. The third-order valence-corrected chi connectivity index (χ3v) is 9.60.